The van der Waals surface area contributed by atoms with E-state index < -0.39 is 0 Å². The van der Waals surface area contributed by atoms with E-state index in [0.717, 1.165) is 20.3 Å². The molecule has 0 nitrogen and oxygen atoms in total. The fourth-order valence-electron chi connectivity index (χ4n) is 1.61. The third kappa shape index (κ3) is 12.8. The summed E-state index contributed by atoms with van der Waals surface area (Å²) in [7, 11) is 0.459. The summed E-state index contributed by atoms with van der Waals surface area (Å²) in [5, 5.41) is 2.29. The molecule has 0 fully saturated rings. The molecule has 2 unspecified atom stereocenters. The quantitative estimate of drug-likeness (QED) is 0.220. The average Bonchev–Trinajstić information content (AvgIpc) is 2.24. The number of halogens is 4. The number of alkyl halides is 4. The van der Waals surface area contributed by atoms with Crippen LogP contribution in [0, 0.1) is 0 Å². The molecule has 0 rings (SSSR count). The molecule has 6 heteroatoms. The van der Waals surface area contributed by atoms with Gasteiger partial charge in [0.1, 0.15) is 0 Å². The van der Waals surface area contributed by atoms with Crippen LogP contribution in [0.1, 0.15) is 12.8 Å². The highest BCUT2D eigenvalue weighted by Crippen LogP contribution is 2.15. The summed E-state index contributed by atoms with van der Waals surface area (Å²) in [5.41, 5.74) is 0. The molecule has 0 spiro atoms. The van der Waals surface area contributed by atoms with Gasteiger partial charge in [0, 0.05) is 39.4 Å². The molecule has 16 heavy (non-hydrogen) atoms. The van der Waals surface area contributed by atoms with Crippen molar-refractivity contribution in [2.24, 2.45) is 0 Å². The first-order valence-corrected chi connectivity index (χ1v) is 14.2. The van der Waals surface area contributed by atoms with E-state index in [1.807, 2.05) is 0 Å². The molecule has 2 atom stereocenters. The number of hydrogen-bond acceptors (Lipinski definition) is 0. The lowest BCUT2D eigenvalue weighted by molar-refractivity contribution is 0.925. The van der Waals surface area contributed by atoms with Gasteiger partial charge in [-0.1, -0.05) is 87.9 Å². The van der Waals surface area contributed by atoms with E-state index >= 15 is 0 Å². The van der Waals surface area contributed by atoms with Gasteiger partial charge in [-0.05, 0) is 12.8 Å². The zero-order valence-corrected chi connectivity index (χ0v) is 18.9. The van der Waals surface area contributed by atoms with Gasteiger partial charge in [0.25, 0.3) is 0 Å². The van der Waals surface area contributed by atoms with E-state index in [0.29, 0.717) is 0 Å². The molecule has 0 heterocycles. The minimum absolute atomic E-state index is 0.230. The second-order valence-electron chi connectivity index (χ2n) is 4.14. The third-order valence-electron chi connectivity index (χ3n) is 2.63. The van der Waals surface area contributed by atoms with Gasteiger partial charge in [-0.2, -0.15) is 0 Å². The highest BCUT2D eigenvalue weighted by molar-refractivity contribution is 9.10. The molecule has 0 amide bonds. The molecule has 0 aliphatic carbocycles. The smallest absolute Gasteiger partial charge is 0.0207 e. The molecule has 0 aromatic carbocycles. The van der Waals surface area contributed by atoms with Crippen molar-refractivity contribution in [3.8, 4) is 0 Å². The second-order valence-corrected chi connectivity index (χ2v) is 12.3. The van der Waals surface area contributed by atoms with Crippen molar-refractivity contribution in [1.82, 2.24) is 0 Å². The summed E-state index contributed by atoms with van der Waals surface area (Å²) in [6.45, 7) is 0. The molecule has 0 aliphatic heterocycles. The average molecular weight is 518 g/mol. The Balaban J connectivity index is 3.15. The van der Waals surface area contributed by atoms with Gasteiger partial charge >= 0.3 is 0 Å². The summed E-state index contributed by atoms with van der Waals surface area (Å²) >= 11 is 14.5. The Morgan fingerprint density at radius 3 is 1.44 bits per heavy atom. The summed E-state index contributed by atoms with van der Waals surface area (Å²) in [6, 6.07) is 6.15. The van der Waals surface area contributed by atoms with Gasteiger partial charge in [0.05, 0.1) is 0 Å². The third-order valence-corrected chi connectivity index (χ3v) is 12.3. The van der Waals surface area contributed by atoms with Crippen LogP contribution in [0.15, 0.2) is 0 Å². The van der Waals surface area contributed by atoms with E-state index in [1.54, 1.807) is 12.1 Å². The number of hydrogen-bond donors (Lipinski definition) is 0. The monoisotopic (exact) mass is 514 g/mol. The van der Waals surface area contributed by atoms with Crippen LogP contribution < -0.4 is 0 Å². The van der Waals surface area contributed by atoms with E-state index in [9.17, 15) is 0 Å². The lowest BCUT2D eigenvalue weighted by Crippen LogP contribution is -2.06. The normalized spacial score (nSPS) is 16.5. The van der Waals surface area contributed by atoms with E-state index in [2.05, 4.69) is 63.7 Å². The Kier molecular flexibility index (Phi) is 15.8. The molecular weight excluding hydrogens is 496 g/mol. The van der Waals surface area contributed by atoms with Crippen LogP contribution in [0.3, 0.4) is 0 Å². The minimum Gasteiger partial charge on any atom is -0.0928 e. The van der Waals surface area contributed by atoms with E-state index in [-0.39, 0.29) is 19.0 Å². The van der Waals surface area contributed by atoms with Crippen LogP contribution in [0.4, 0.5) is 0 Å². The SMILES string of the molecule is BrCCC(Br)C[SiH2]CC[SiH2]CC(Br)CCBr. The summed E-state index contributed by atoms with van der Waals surface area (Å²) in [5.74, 6) is 0. The highest BCUT2D eigenvalue weighted by Gasteiger charge is 2.05. The maximum atomic E-state index is 3.75. The van der Waals surface area contributed by atoms with Crippen LogP contribution in [-0.2, 0) is 0 Å². The van der Waals surface area contributed by atoms with Gasteiger partial charge in [-0.3, -0.25) is 0 Å². The Morgan fingerprint density at radius 2 is 1.12 bits per heavy atom. The molecule has 98 valence electrons. The Bertz CT molecular complexity index is 133. The highest BCUT2D eigenvalue weighted by atomic mass is 79.9. The van der Waals surface area contributed by atoms with Crippen molar-refractivity contribution < 1.29 is 0 Å². The topological polar surface area (TPSA) is 0 Å². The van der Waals surface area contributed by atoms with Gasteiger partial charge in [0.15, 0.2) is 0 Å². The molecule has 0 aliphatic rings. The predicted octanol–water partition coefficient (Wildman–Crippen LogP) is 4.09. The van der Waals surface area contributed by atoms with Crippen molar-refractivity contribution in [2.75, 3.05) is 10.7 Å². The van der Waals surface area contributed by atoms with E-state index in [4.69, 9.17) is 0 Å². The first kappa shape index (κ1) is 18.4. The van der Waals surface area contributed by atoms with Crippen molar-refractivity contribution in [2.45, 2.75) is 46.7 Å². The van der Waals surface area contributed by atoms with Gasteiger partial charge in [0.2, 0.25) is 0 Å². The van der Waals surface area contributed by atoms with Crippen LogP contribution in [0.5, 0.6) is 0 Å². The zero-order valence-electron chi connectivity index (χ0n) is 9.74. The predicted molar refractivity (Wildman–Crippen MR) is 98.6 cm³/mol. The van der Waals surface area contributed by atoms with E-state index in [1.165, 1.54) is 24.9 Å². The molecule has 0 aromatic heterocycles. The molecule has 0 N–H and O–H groups in total. The Labute approximate surface area is 139 Å². The lowest BCUT2D eigenvalue weighted by atomic mass is 10.4. The first-order valence-electron chi connectivity index (χ1n) is 6.10. The second kappa shape index (κ2) is 13.8. The van der Waals surface area contributed by atoms with Crippen LogP contribution >= 0.6 is 63.7 Å². The maximum Gasteiger partial charge on any atom is 0.0207 e. The zero-order chi connectivity index (χ0) is 12.2. The van der Waals surface area contributed by atoms with Crippen LogP contribution in [0.25, 0.3) is 0 Å². The van der Waals surface area contributed by atoms with Gasteiger partial charge in [-0.15, -0.1) is 0 Å². The molecular formula is C10H22Br4Si2. The van der Waals surface area contributed by atoms with Crippen molar-refractivity contribution in [1.29, 1.82) is 0 Å². The van der Waals surface area contributed by atoms with Crippen molar-refractivity contribution >= 4 is 82.8 Å². The lowest BCUT2D eigenvalue weighted by Gasteiger charge is -2.08. The summed E-state index contributed by atoms with van der Waals surface area (Å²) in [6.07, 6.45) is 2.58. The standard InChI is InChI=1S/C10H22Br4Si2/c11-3-1-9(13)7-15-5-6-16-8-10(14)2-4-12/h9-10H,1-8,15-16H2. The molecule has 0 bridgehead atoms. The molecule has 0 radical (unpaired) electrons. The van der Waals surface area contributed by atoms with Crippen LogP contribution in [-0.4, -0.2) is 39.4 Å². The largest absolute Gasteiger partial charge is 0.0928 e. The van der Waals surface area contributed by atoms with Crippen molar-refractivity contribution in [3.05, 3.63) is 0 Å². The molecule has 0 aromatic rings. The summed E-state index contributed by atoms with van der Waals surface area (Å²) < 4.78 is 0. The van der Waals surface area contributed by atoms with Crippen molar-refractivity contribution in [3.63, 3.8) is 0 Å². The van der Waals surface area contributed by atoms with Gasteiger partial charge in [-0.25, -0.2) is 0 Å². The van der Waals surface area contributed by atoms with Gasteiger partial charge < -0.3 is 0 Å². The Morgan fingerprint density at radius 1 is 0.750 bits per heavy atom. The Hall–Kier alpha value is 2.35. The fourth-order valence-corrected chi connectivity index (χ4v) is 11.2. The summed E-state index contributed by atoms with van der Waals surface area (Å²) in [4.78, 5) is 1.58. The first-order chi connectivity index (χ1) is 7.70. The maximum absolute atomic E-state index is 3.75. The molecule has 0 saturated carbocycles. The minimum atomic E-state index is 0.230. The number of rotatable bonds is 11. The fraction of sp³-hybridized carbons (Fsp3) is 1.00. The molecule has 0 saturated heterocycles. The van der Waals surface area contributed by atoms with Crippen LogP contribution in [0.2, 0.25) is 24.2 Å².